The minimum Gasteiger partial charge on any atom is -0.277 e. The maximum atomic E-state index is 5.31. The number of fused-ring (bicyclic) bond motifs is 8. The van der Waals surface area contributed by atoms with Crippen molar-refractivity contribution in [2.24, 2.45) is 0 Å². The Bertz CT molecular complexity index is 3200. The van der Waals surface area contributed by atoms with Crippen molar-refractivity contribution >= 4 is 64.1 Å². The van der Waals surface area contributed by atoms with Gasteiger partial charge in [0, 0.05) is 47.6 Å². The van der Waals surface area contributed by atoms with E-state index in [-0.39, 0.29) is 0 Å². The molecule has 4 nitrogen and oxygen atoms in total. The van der Waals surface area contributed by atoms with E-state index in [0.29, 0.717) is 17.6 Å². The SMILES string of the molecule is CC.c1ccc(-c2ccc(-c3nc(-c4ccccc4)nc(-n4c5ccc6ccccc6c5c5cccc(-c6ccc7sc8ccccc8c7c6)c54)n3)cc2)cc1. The molecule has 0 unspecified atom stereocenters. The summed E-state index contributed by atoms with van der Waals surface area (Å²) in [5, 5.41) is 7.29. The zero-order valence-corrected chi connectivity index (χ0v) is 31.8. The minimum absolute atomic E-state index is 0.579. The summed E-state index contributed by atoms with van der Waals surface area (Å²) in [4.78, 5) is 15.7. The summed E-state index contributed by atoms with van der Waals surface area (Å²) in [6.45, 7) is 4.00. The number of para-hydroxylation sites is 1. The Kier molecular flexibility index (Phi) is 8.42. The van der Waals surface area contributed by atoms with Gasteiger partial charge in [-0.2, -0.15) is 9.97 Å². The van der Waals surface area contributed by atoms with Gasteiger partial charge in [0.25, 0.3) is 0 Å². The number of aromatic nitrogens is 4. The van der Waals surface area contributed by atoms with Crippen molar-refractivity contribution in [1.29, 1.82) is 0 Å². The Morgan fingerprint density at radius 2 is 0.982 bits per heavy atom. The van der Waals surface area contributed by atoms with Crippen LogP contribution in [-0.4, -0.2) is 19.5 Å². The highest BCUT2D eigenvalue weighted by Crippen LogP contribution is 2.43. The van der Waals surface area contributed by atoms with Crippen molar-refractivity contribution < 1.29 is 0 Å². The molecular weight excluding hydrogens is 701 g/mol. The number of thiophene rings is 1. The van der Waals surface area contributed by atoms with Gasteiger partial charge in [0.1, 0.15) is 0 Å². The molecule has 0 bridgehead atoms. The van der Waals surface area contributed by atoms with Gasteiger partial charge in [-0.15, -0.1) is 11.3 Å². The van der Waals surface area contributed by atoms with Crippen LogP contribution in [0.15, 0.2) is 182 Å². The molecule has 11 rings (SSSR count). The third kappa shape index (κ3) is 5.64. The molecule has 8 aromatic carbocycles. The van der Waals surface area contributed by atoms with Crippen molar-refractivity contribution in [2.45, 2.75) is 13.8 Å². The van der Waals surface area contributed by atoms with Gasteiger partial charge in [-0.1, -0.05) is 172 Å². The van der Waals surface area contributed by atoms with Crippen LogP contribution in [0.3, 0.4) is 0 Å². The predicted molar refractivity (Wildman–Crippen MR) is 238 cm³/mol. The molecule has 3 aromatic heterocycles. The molecule has 0 radical (unpaired) electrons. The highest BCUT2D eigenvalue weighted by atomic mass is 32.1. The third-order valence-corrected chi connectivity index (χ3v) is 11.6. The van der Waals surface area contributed by atoms with Crippen molar-refractivity contribution in [1.82, 2.24) is 19.5 Å². The molecule has 3 heterocycles. The van der Waals surface area contributed by atoms with E-state index < -0.39 is 0 Å². The number of hydrogen-bond donors (Lipinski definition) is 0. The molecule has 0 atom stereocenters. The molecule has 0 fully saturated rings. The normalized spacial score (nSPS) is 11.4. The Morgan fingerprint density at radius 3 is 1.75 bits per heavy atom. The van der Waals surface area contributed by atoms with Crippen molar-refractivity contribution in [3.8, 4) is 51.0 Å². The lowest BCUT2D eigenvalue weighted by Crippen LogP contribution is -2.07. The first kappa shape index (κ1) is 33.6. The van der Waals surface area contributed by atoms with Gasteiger partial charge in [0.05, 0.1) is 11.0 Å². The second-order valence-corrected chi connectivity index (χ2v) is 14.7. The molecule has 0 aliphatic heterocycles. The van der Waals surface area contributed by atoms with Crippen LogP contribution in [-0.2, 0) is 0 Å². The van der Waals surface area contributed by atoms with E-state index >= 15 is 0 Å². The first-order valence-electron chi connectivity index (χ1n) is 19.1. The summed E-state index contributed by atoms with van der Waals surface area (Å²) in [6.07, 6.45) is 0. The zero-order chi connectivity index (χ0) is 37.6. The molecule has 56 heavy (non-hydrogen) atoms. The molecule has 0 N–H and O–H groups in total. The van der Waals surface area contributed by atoms with Crippen molar-refractivity contribution in [2.75, 3.05) is 0 Å². The summed E-state index contributed by atoms with van der Waals surface area (Å²) in [5.41, 5.74) is 8.57. The summed E-state index contributed by atoms with van der Waals surface area (Å²) in [5.74, 6) is 1.83. The second-order valence-electron chi connectivity index (χ2n) is 13.6. The highest BCUT2D eigenvalue weighted by molar-refractivity contribution is 7.25. The van der Waals surface area contributed by atoms with Crippen LogP contribution in [0.5, 0.6) is 0 Å². The molecule has 0 amide bonds. The average Bonchev–Trinajstić information content (AvgIpc) is 3.83. The topological polar surface area (TPSA) is 43.6 Å². The maximum absolute atomic E-state index is 5.31. The molecule has 5 heteroatoms. The molecule has 11 aromatic rings. The van der Waals surface area contributed by atoms with Gasteiger partial charge in [-0.05, 0) is 51.7 Å². The van der Waals surface area contributed by atoms with Gasteiger partial charge >= 0.3 is 0 Å². The smallest absolute Gasteiger partial charge is 0.238 e. The van der Waals surface area contributed by atoms with Gasteiger partial charge in [-0.25, -0.2) is 4.98 Å². The van der Waals surface area contributed by atoms with Crippen LogP contribution in [0.2, 0.25) is 0 Å². The molecule has 266 valence electrons. The van der Waals surface area contributed by atoms with Crippen LogP contribution < -0.4 is 0 Å². The largest absolute Gasteiger partial charge is 0.277 e. The lowest BCUT2D eigenvalue weighted by Gasteiger charge is -2.13. The third-order valence-electron chi connectivity index (χ3n) is 10.5. The Labute approximate surface area is 329 Å². The van der Waals surface area contributed by atoms with E-state index in [2.05, 4.69) is 162 Å². The van der Waals surface area contributed by atoms with Crippen molar-refractivity contribution in [3.63, 3.8) is 0 Å². The Hall–Kier alpha value is -6.95. The van der Waals surface area contributed by atoms with Crippen molar-refractivity contribution in [3.05, 3.63) is 182 Å². The number of hydrogen-bond acceptors (Lipinski definition) is 4. The Balaban J connectivity index is 0.00000189. The van der Waals surface area contributed by atoms with Gasteiger partial charge < -0.3 is 0 Å². The first-order valence-corrected chi connectivity index (χ1v) is 19.9. The summed E-state index contributed by atoms with van der Waals surface area (Å²) < 4.78 is 4.84. The molecular formula is C51H36N4S. The van der Waals surface area contributed by atoms with Gasteiger partial charge in [-0.3, -0.25) is 4.57 Å². The lowest BCUT2D eigenvalue weighted by atomic mass is 9.98. The number of nitrogens with zero attached hydrogens (tertiary/aromatic N) is 4. The van der Waals surface area contributed by atoms with E-state index in [1.807, 2.05) is 49.4 Å². The maximum Gasteiger partial charge on any atom is 0.238 e. The zero-order valence-electron chi connectivity index (χ0n) is 31.0. The van der Waals surface area contributed by atoms with E-state index in [1.54, 1.807) is 0 Å². The van der Waals surface area contributed by atoms with E-state index in [4.69, 9.17) is 15.0 Å². The van der Waals surface area contributed by atoms with Crippen LogP contribution >= 0.6 is 11.3 Å². The monoisotopic (exact) mass is 736 g/mol. The van der Waals surface area contributed by atoms with Crippen LogP contribution in [0, 0.1) is 0 Å². The fraction of sp³-hybridized carbons (Fsp3) is 0.0392. The summed E-state index contributed by atoms with van der Waals surface area (Å²) in [7, 11) is 0. The molecule has 0 aliphatic carbocycles. The minimum atomic E-state index is 0.579. The summed E-state index contributed by atoms with van der Waals surface area (Å²) >= 11 is 1.84. The first-order chi connectivity index (χ1) is 27.8. The van der Waals surface area contributed by atoms with Gasteiger partial charge in [0.2, 0.25) is 5.95 Å². The average molecular weight is 737 g/mol. The number of benzene rings is 8. The standard InChI is InChI=1S/C49H30N4S.C2H6/c1-3-12-31(13-4-1)32-22-24-35(25-23-32)48-50-47(34-15-5-2-6-16-34)51-49(52-48)53-42-28-26-33-14-7-8-17-37(33)45(42)40-20-11-19-38(46(40)53)36-27-29-44-41(30-36)39-18-9-10-21-43(39)54-44;1-2/h1-30H;1-2H3. The molecule has 0 spiro atoms. The summed E-state index contributed by atoms with van der Waals surface area (Å²) in [6, 6.07) is 64.4. The highest BCUT2D eigenvalue weighted by Gasteiger charge is 2.22. The molecule has 0 aliphatic rings. The molecule has 0 saturated carbocycles. The van der Waals surface area contributed by atoms with E-state index in [9.17, 15) is 0 Å². The second kappa shape index (κ2) is 14.0. The van der Waals surface area contributed by atoms with E-state index in [0.717, 1.165) is 44.2 Å². The fourth-order valence-corrected chi connectivity index (χ4v) is 9.01. The predicted octanol–water partition coefficient (Wildman–Crippen LogP) is 14.2. The van der Waals surface area contributed by atoms with Gasteiger partial charge in [0.15, 0.2) is 11.6 Å². The molecule has 0 saturated heterocycles. The van der Waals surface area contributed by atoms with Crippen LogP contribution in [0.25, 0.3) is 104 Å². The fourth-order valence-electron chi connectivity index (χ4n) is 7.92. The van der Waals surface area contributed by atoms with Crippen LogP contribution in [0.1, 0.15) is 13.8 Å². The lowest BCUT2D eigenvalue weighted by molar-refractivity contribution is 0.954. The Morgan fingerprint density at radius 1 is 0.411 bits per heavy atom. The van der Waals surface area contributed by atoms with Crippen LogP contribution in [0.4, 0.5) is 0 Å². The quantitative estimate of drug-likeness (QED) is 0.177. The number of rotatable bonds is 5. The van der Waals surface area contributed by atoms with E-state index in [1.165, 1.54) is 41.9 Å².